The highest BCUT2D eigenvalue weighted by Crippen LogP contribution is 2.39. The third kappa shape index (κ3) is 3.25. The van der Waals surface area contributed by atoms with Crippen LogP contribution in [0.2, 0.25) is 0 Å². The van der Waals surface area contributed by atoms with Gasteiger partial charge in [0, 0.05) is 18.6 Å². The van der Waals surface area contributed by atoms with Crippen LogP contribution in [0.5, 0.6) is 0 Å². The van der Waals surface area contributed by atoms with Crippen molar-refractivity contribution < 1.29 is 19.6 Å². The molecule has 0 unspecified atom stereocenters. The Kier molecular flexibility index (Phi) is 5.09. The number of aliphatic hydroxyl groups excluding tert-OH is 1. The minimum absolute atomic E-state index is 0.0775. The smallest absolute Gasteiger partial charge is 0.295 e. The molecule has 0 saturated carbocycles. The Morgan fingerprint density at radius 2 is 1.90 bits per heavy atom. The van der Waals surface area contributed by atoms with Gasteiger partial charge in [0.2, 0.25) is 0 Å². The fourth-order valence-corrected chi connectivity index (χ4v) is 3.87. The van der Waals surface area contributed by atoms with Crippen molar-refractivity contribution in [3.8, 4) is 0 Å². The lowest BCUT2D eigenvalue weighted by molar-refractivity contribution is -0.857. The number of imidazole rings is 1. The first-order valence-electron chi connectivity index (χ1n) is 9.81. The molecule has 2 N–H and O–H groups in total. The minimum atomic E-state index is -0.687. The van der Waals surface area contributed by atoms with Gasteiger partial charge in [-0.25, -0.2) is 4.98 Å². The van der Waals surface area contributed by atoms with Crippen molar-refractivity contribution in [2.75, 3.05) is 27.2 Å². The molecule has 0 spiro atoms. The fraction of sp³-hybridized carbons (Fsp3) is 0.273. The average molecular weight is 406 g/mol. The van der Waals surface area contributed by atoms with Crippen LogP contribution in [-0.2, 0) is 9.59 Å². The normalized spacial score (nSPS) is 18.7. The topological polar surface area (TPSA) is 92.2 Å². The molecule has 1 fully saturated rings. The van der Waals surface area contributed by atoms with Gasteiger partial charge in [0.25, 0.3) is 11.7 Å². The Labute approximate surface area is 174 Å². The predicted octanol–water partition coefficient (Wildman–Crippen LogP) is 0.604. The molecular formula is C22H24N5O3+. The zero-order chi connectivity index (χ0) is 21.4. The first-order valence-corrected chi connectivity index (χ1v) is 9.81. The average Bonchev–Trinajstić information content (AvgIpc) is 3.20. The molecule has 30 heavy (non-hydrogen) atoms. The monoisotopic (exact) mass is 406 g/mol. The van der Waals surface area contributed by atoms with Crippen molar-refractivity contribution in [1.82, 2.24) is 19.3 Å². The van der Waals surface area contributed by atoms with Crippen LogP contribution < -0.4 is 4.90 Å². The largest absolute Gasteiger partial charge is 0.505 e. The number of carbonyl (C=O) groups excluding carboxylic acids is 2. The summed E-state index contributed by atoms with van der Waals surface area (Å²) in [5.41, 5.74) is 2.46. The molecule has 8 heteroatoms. The lowest BCUT2D eigenvalue weighted by Crippen LogP contribution is -3.06. The van der Waals surface area contributed by atoms with Crippen LogP contribution in [-0.4, -0.2) is 63.3 Å². The van der Waals surface area contributed by atoms with Gasteiger partial charge >= 0.3 is 0 Å². The van der Waals surface area contributed by atoms with E-state index in [1.54, 1.807) is 42.0 Å². The zero-order valence-electron chi connectivity index (χ0n) is 17.2. The number of aliphatic hydroxyl groups is 1. The molecular weight excluding hydrogens is 382 g/mol. The van der Waals surface area contributed by atoms with Crippen molar-refractivity contribution in [3.63, 3.8) is 0 Å². The number of nitrogens with zero attached hydrogens (tertiary/aromatic N) is 4. The van der Waals surface area contributed by atoms with Crippen molar-refractivity contribution in [3.05, 3.63) is 71.4 Å². The summed E-state index contributed by atoms with van der Waals surface area (Å²) in [6.07, 6.45) is 5.01. The number of carbonyl (C=O) groups is 2. The van der Waals surface area contributed by atoms with Gasteiger partial charge < -0.3 is 14.9 Å². The number of ketones is 1. The van der Waals surface area contributed by atoms with Gasteiger partial charge in [-0.3, -0.25) is 19.0 Å². The van der Waals surface area contributed by atoms with Crippen molar-refractivity contribution in [1.29, 1.82) is 0 Å². The molecule has 3 aromatic heterocycles. The first kappa shape index (κ1) is 19.8. The molecule has 1 saturated heterocycles. The van der Waals surface area contributed by atoms with Crippen LogP contribution in [0.15, 0.2) is 54.5 Å². The summed E-state index contributed by atoms with van der Waals surface area (Å²) in [4.78, 5) is 37.2. The Bertz CT molecular complexity index is 1150. The van der Waals surface area contributed by atoms with Crippen LogP contribution in [0.4, 0.5) is 0 Å². The lowest BCUT2D eigenvalue weighted by atomic mass is 9.97. The van der Waals surface area contributed by atoms with Gasteiger partial charge in [-0.1, -0.05) is 6.07 Å². The molecule has 8 nitrogen and oxygen atoms in total. The summed E-state index contributed by atoms with van der Waals surface area (Å²) >= 11 is 0. The minimum Gasteiger partial charge on any atom is -0.505 e. The highest BCUT2D eigenvalue weighted by atomic mass is 16.3. The molecule has 1 aliphatic rings. The van der Waals surface area contributed by atoms with E-state index in [0.717, 1.165) is 10.5 Å². The van der Waals surface area contributed by atoms with Crippen LogP contribution in [0.25, 0.3) is 11.4 Å². The summed E-state index contributed by atoms with van der Waals surface area (Å²) in [6.45, 7) is 2.83. The van der Waals surface area contributed by atoms with Crippen LogP contribution in [0.1, 0.15) is 23.0 Å². The summed E-state index contributed by atoms with van der Waals surface area (Å²) < 4.78 is 1.73. The predicted molar refractivity (Wildman–Crippen MR) is 111 cm³/mol. The molecule has 0 aliphatic carbocycles. The number of quaternary nitrogens is 1. The first-order chi connectivity index (χ1) is 14.4. The zero-order valence-corrected chi connectivity index (χ0v) is 17.2. The number of rotatable bonds is 5. The van der Waals surface area contributed by atoms with Crippen molar-refractivity contribution in [2.45, 2.75) is 13.0 Å². The fourth-order valence-electron chi connectivity index (χ4n) is 3.87. The molecule has 0 bridgehead atoms. The van der Waals surface area contributed by atoms with E-state index in [1.165, 1.54) is 4.90 Å². The van der Waals surface area contributed by atoms with Crippen molar-refractivity contribution >= 4 is 23.1 Å². The maximum Gasteiger partial charge on any atom is 0.295 e. The SMILES string of the molecule is Cc1nc2ccccn2c1C(O)=C1C(=O)C(=O)N(CC[NH+](C)C)[C@H]1c1ccncc1. The third-order valence-electron chi connectivity index (χ3n) is 5.34. The highest BCUT2D eigenvalue weighted by molar-refractivity contribution is 6.46. The number of hydrogen-bond donors (Lipinski definition) is 2. The van der Waals surface area contributed by atoms with E-state index in [1.807, 2.05) is 32.3 Å². The molecule has 1 amide bonds. The Balaban J connectivity index is 1.92. The van der Waals surface area contributed by atoms with Crippen LogP contribution in [0, 0.1) is 6.92 Å². The summed E-state index contributed by atoms with van der Waals surface area (Å²) in [6, 6.07) is 8.35. The number of aryl methyl sites for hydroxylation is 1. The number of nitrogens with one attached hydrogen (secondary N) is 1. The molecule has 1 atom stereocenters. The van der Waals surface area contributed by atoms with E-state index in [-0.39, 0.29) is 11.3 Å². The molecule has 4 rings (SSSR count). The van der Waals surface area contributed by atoms with E-state index in [2.05, 4.69) is 9.97 Å². The standard InChI is InChI=1S/C22H23N5O3/c1-14-18(26-11-5-4-6-16(26)24-14)20(28)17-19(15-7-9-23-10-8-15)27(13-12-25(2)3)22(30)21(17)29/h4-11,19,28H,12-13H2,1-3H3/p+1/t19-/m0/s1. The maximum atomic E-state index is 13.1. The van der Waals surface area contributed by atoms with Crippen LogP contribution >= 0.6 is 0 Å². The highest BCUT2D eigenvalue weighted by Gasteiger charge is 2.46. The lowest BCUT2D eigenvalue weighted by Gasteiger charge is -2.25. The summed E-state index contributed by atoms with van der Waals surface area (Å²) in [5, 5.41) is 11.3. The molecule has 0 radical (unpaired) electrons. The Morgan fingerprint density at radius 1 is 1.17 bits per heavy atom. The quantitative estimate of drug-likeness (QED) is 0.368. The van der Waals surface area contributed by atoms with Gasteiger partial charge in [-0.05, 0) is 36.8 Å². The number of Topliss-reactive ketones (excluding diaryl/α,β-unsaturated/α-hetero) is 1. The molecule has 0 aromatic carbocycles. The summed E-state index contributed by atoms with van der Waals surface area (Å²) in [5.74, 6) is -1.51. The Morgan fingerprint density at radius 3 is 2.60 bits per heavy atom. The van der Waals surface area contributed by atoms with E-state index in [4.69, 9.17) is 0 Å². The third-order valence-corrected chi connectivity index (χ3v) is 5.34. The van der Waals surface area contributed by atoms with E-state index < -0.39 is 17.7 Å². The van der Waals surface area contributed by atoms with Gasteiger partial charge in [0.05, 0.1) is 44.5 Å². The number of pyridine rings is 2. The number of hydrogen-bond acceptors (Lipinski definition) is 5. The van der Waals surface area contributed by atoms with E-state index in [9.17, 15) is 14.7 Å². The summed E-state index contributed by atoms with van der Waals surface area (Å²) in [7, 11) is 3.97. The number of fused-ring (bicyclic) bond motifs is 1. The van der Waals surface area contributed by atoms with E-state index >= 15 is 0 Å². The van der Waals surface area contributed by atoms with E-state index in [0.29, 0.717) is 30.1 Å². The second-order valence-corrected chi connectivity index (χ2v) is 7.70. The number of likely N-dealkylation sites (tertiary alicyclic amines) is 1. The van der Waals surface area contributed by atoms with Crippen molar-refractivity contribution in [2.24, 2.45) is 0 Å². The van der Waals surface area contributed by atoms with Gasteiger partial charge in [0.15, 0.2) is 5.76 Å². The Hall–Kier alpha value is -3.52. The number of likely N-dealkylation sites (N-methyl/N-ethyl adjacent to an activating group) is 1. The van der Waals surface area contributed by atoms with Gasteiger partial charge in [-0.2, -0.15) is 0 Å². The van der Waals surface area contributed by atoms with Gasteiger partial charge in [-0.15, -0.1) is 0 Å². The second-order valence-electron chi connectivity index (χ2n) is 7.70. The second kappa shape index (κ2) is 7.72. The number of aromatic nitrogens is 3. The molecule has 1 aliphatic heterocycles. The number of amides is 1. The van der Waals surface area contributed by atoms with Gasteiger partial charge in [0.1, 0.15) is 11.3 Å². The molecule has 3 aromatic rings. The maximum absolute atomic E-state index is 13.1. The molecule has 154 valence electrons. The molecule has 4 heterocycles. The van der Waals surface area contributed by atoms with Crippen LogP contribution in [0.3, 0.4) is 0 Å².